The number of allylic oxidation sites excluding steroid dienone is 6. The van der Waals surface area contributed by atoms with Crippen LogP contribution in [0.1, 0.15) is 181 Å². The summed E-state index contributed by atoms with van der Waals surface area (Å²) in [4.78, 5) is 35.6. The molecule has 0 bridgehead atoms. The normalized spacial score (nSPS) is 22.6. The van der Waals surface area contributed by atoms with Crippen molar-refractivity contribution in [2.24, 2.45) is 0 Å². The Morgan fingerprint density at radius 3 is 1.47 bits per heavy atom. The lowest BCUT2D eigenvalue weighted by Crippen LogP contribution is -2.64. The lowest BCUT2D eigenvalue weighted by atomic mass is 9.85. The maximum absolute atomic E-state index is 12.8. The van der Waals surface area contributed by atoms with Gasteiger partial charge < -0.3 is 39.9 Å². The zero-order valence-corrected chi connectivity index (χ0v) is 37.2. The lowest BCUT2D eigenvalue weighted by molar-refractivity contribution is -0.220. The minimum Gasteiger partial charge on any atom is -0.462 e. The van der Waals surface area contributed by atoms with Gasteiger partial charge in [0.1, 0.15) is 43.2 Å². The van der Waals surface area contributed by atoms with Gasteiger partial charge in [0.15, 0.2) is 6.10 Å². The predicted octanol–water partition coefficient (Wildman–Crippen LogP) is 8.61. The molecule has 6 N–H and O–H groups in total. The number of unbranched alkanes of at least 4 members (excludes halogenated alkanes) is 19. The summed E-state index contributed by atoms with van der Waals surface area (Å²) in [5, 5.41) is 50.1. The molecule has 0 aromatic rings. The third-order valence-electron chi connectivity index (χ3n) is 10.5. The van der Waals surface area contributed by atoms with E-state index in [0.29, 0.717) is 12.8 Å². The van der Waals surface area contributed by atoms with Crippen molar-refractivity contribution in [2.75, 3.05) is 13.2 Å². The molecule has 1 saturated carbocycles. The second-order valence-electron chi connectivity index (χ2n) is 15.9. The summed E-state index contributed by atoms with van der Waals surface area (Å²) in [5.74, 6) is -1.13. The molecule has 13 nitrogen and oxygen atoms in total. The number of esters is 2. The van der Waals surface area contributed by atoms with Crippen molar-refractivity contribution in [3.05, 3.63) is 36.5 Å². The molecular formula is C45H81O13P. The standard InChI is InChI=1S/C45H81O13P/c1-3-5-7-9-11-13-15-17-18-19-20-22-23-25-27-29-31-33-38(46)55-35-37(36-56-59(53,54)58-45-43(51)41(49)40(48)42(50)44(45)52)57-39(47)34-32-30-28-26-24-21-16-14-12-10-8-6-4-2/h6,8,12,14,21,24,37,40-45,48-52H,3-5,7,9-11,13,15-20,22-23,25-36H2,1-2H3,(H,53,54)/b8-6-,14-12-,24-21-. The highest BCUT2D eigenvalue weighted by molar-refractivity contribution is 7.47. The average Bonchev–Trinajstić information content (AvgIpc) is 3.21. The highest BCUT2D eigenvalue weighted by Gasteiger charge is 2.51. The van der Waals surface area contributed by atoms with E-state index >= 15 is 0 Å². The van der Waals surface area contributed by atoms with Gasteiger partial charge in [-0.1, -0.05) is 159 Å². The molecule has 6 unspecified atom stereocenters. The zero-order chi connectivity index (χ0) is 43.6. The Hall–Kier alpha value is -1.93. The number of hydrogen-bond donors (Lipinski definition) is 6. The van der Waals surface area contributed by atoms with Crippen LogP contribution in [-0.4, -0.2) is 98.3 Å². The number of rotatable bonds is 37. The minimum atomic E-state index is -5.12. The molecule has 6 atom stereocenters. The van der Waals surface area contributed by atoms with Crippen LogP contribution in [0.2, 0.25) is 0 Å². The second-order valence-corrected chi connectivity index (χ2v) is 17.3. The molecule has 1 aliphatic rings. The Balaban J connectivity index is 2.46. The smallest absolute Gasteiger partial charge is 0.462 e. The van der Waals surface area contributed by atoms with Gasteiger partial charge in [0.05, 0.1) is 6.61 Å². The van der Waals surface area contributed by atoms with Gasteiger partial charge in [-0.3, -0.25) is 18.6 Å². The molecule has 0 aromatic carbocycles. The fourth-order valence-corrected chi connectivity index (χ4v) is 7.80. The third kappa shape index (κ3) is 28.3. The molecular weight excluding hydrogens is 779 g/mol. The van der Waals surface area contributed by atoms with Gasteiger partial charge >= 0.3 is 19.8 Å². The zero-order valence-electron chi connectivity index (χ0n) is 36.3. The first kappa shape index (κ1) is 55.1. The Kier molecular flexibility index (Phi) is 33.3. The van der Waals surface area contributed by atoms with E-state index < -0.39 is 75.7 Å². The Bertz CT molecular complexity index is 1180. The number of ether oxygens (including phenoxy) is 2. The Morgan fingerprint density at radius 1 is 0.542 bits per heavy atom. The Labute approximate surface area is 355 Å². The highest BCUT2D eigenvalue weighted by atomic mass is 31.2. The first-order valence-electron chi connectivity index (χ1n) is 22.8. The van der Waals surface area contributed by atoms with Gasteiger partial charge in [-0.25, -0.2) is 4.57 Å². The van der Waals surface area contributed by atoms with Crippen LogP contribution >= 0.6 is 7.82 Å². The van der Waals surface area contributed by atoms with E-state index in [-0.39, 0.29) is 12.8 Å². The largest absolute Gasteiger partial charge is 0.472 e. The van der Waals surface area contributed by atoms with Crippen LogP contribution in [0.5, 0.6) is 0 Å². The fraction of sp³-hybridized carbons (Fsp3) is 0.822. The summed E-state index contributed by atoms with van der Waals surface area (Å²) in [6.07, 6.45) is 26.4. The number of phosphoric acid groups is 1. The van der Waals surface area contributed by atoms with E-state index in [1.165, 1.54) is 83.5 Å². The maximum atomic E-state index is 12.8. The molecule has 59 heavy (non-hydrogen) atoms. The van der Waals surface area contributed by atoms with E-state index in [1.807, 2.05) is 0 Å². The van der Waals surface area contributed by atoms with Crippen LogP contribution in [0.3, 0.4) is 0 Å². The summed E-state index contributed by atoms with van der Waals surface area (Å²) in [7, 11) is -5.12. The summed E-state index contributed by atoms with van der Waals surface area (Å²) in [6.45, 7) is 3.16. The molecule has 0 heterocycles. The molecule has 0 aromatic heterocycles. The van der Waals surface area contributed by atoms with Gasteiger partial charge in [-0.15, -0.1) is 0 Å². The van der Waals surface area contributed by atoms with E-state index in [0.717, 1.165) is 57.8 Å². The van der Waals surface area contributed by atoms with Crippen molar-refractivity contribution in [3.63, 3.8) is 0 Å². The summed E-state index contributed by atoms with van der Waals surface area (Å²) in [5.41, 5.74) is 0. The first-order chi connectivity index (χ1) is 28.4. The molecule has 0 aliphatic heterocycles. The number of carbonyl (C=O) groups excluding carboxylic acids is 2. The second kappa shape index (κ2) is 35.6. The van der Waals surface area contributed by atoms with E-state index in [2.05, 4.69) is 50.3 Å². The molecule has 0 radical (unpaired) electrons. The average molecular weight is 861 g/mol. The van der Waals surface area contributed by atoms with Gasteiger partial charge in [-0.05, 0) is 44.9 Å². The third-order valence-corrected chi connectivity index (χ3v) is 11.5. The quantitative estimate of drug-likeness (QED) is 0.0150. The number of carbonyl (C=O) groups is 2. The maximum Gasteiger partial charge on any atom is 0.472 e. The molecule has 1 fully saturated rings. The minimum absolute atomic E-state index is 0.0628. The number of phosphoric ester groups is 1. The van der Waals surface area contributed by atoms with Crippen molar-refractivity contribution >= 4 is 19.8 Å². The molecule has 0 saturated heterocycles. The SMILES string of the molecule is CC/C=C\C/C=C\C/C=C\CCCCCC(=O)OC(COC(=O)CCCCCCCCCCCCCCCCCCC)COP(=O)(O)OC1C(O)C(O)C(O)C(O)C1O. The van der Waals surface area contributed by atoms with Crippen molar-refractivity contribution in [1.29, 1.82) is 0 Å². The molecule has 1 rings (SSSR count). The van der Waals surface area contributed by atoms with Gasteiger partial charge in [-0.2, -0.15) is 0 Å². The number of hydrogen-bond acceptors (Lipinski definition) is 12. The first-order valence-corrected chi connectivity index (χ1v) is 24.3. The van der Waals surface area contributed by atoms with E-state index in [4.69, 9.17) is 18.5 Å². The van der Waals surface area contributed by atoms with E-state index in [9.17, 15) is 44.6 Å². The molecule has 14 heteroatoms. The molecule has 1 aliphatic carbocycles. The molecule has 0 amide bonds. The van der Waals surface area contributed by atoms with Crippen molar-refractivity contribution in [2.45, 2.75) is 224 Å². The van der Waals surface area contributed by atoms with Crippen LogP contribution in [0.4, 0.5) is 0 Å². The molecule has 344 valence electrons. The van der Waals surface area contributed by atoms with Gasteiger partial charge in [0.25, 0.3) is 0 Å². The van der Waals surface area contributed by atoms with Gasteiger partial charge in [0.2, 0.25) is 0 Å². The van der Waals surface area contributed by atoms with Crippen LogP contribution in [0.25, 0.3) is 0 Å². The summed E-state index contributed by atoms with van der Waals surface area (Å²) < 4.78 is 33.5. The van der Waals surface area contributed by atoms with Crippen LogP contribution < -0.4 is 0 Å². The monoisotopic (exact) mass is 861 g/mol. The summed E-state index contributed by atoms with van der Waals surface area (Å²) >= 11 is 0. The number of aliphatic hydroxyl groups excluding tert-OH is 5. The lowest BCUT2D eigenvalue weighted by Gasteiger charge is -2.41. The van der Waals surface area contributed by atoms with Crippen LogP contribution in [-0.2, 0) is 32.7 Å². The Morgan fingerprint density at radius 2 is 0.966 bits per heavy atom. The van der Waals surface area contributed by atoms with Gasteiger partial charge in [0, 0.05) is 12.8 Å². The van der Waals surface area contributed by atoms with Crippen molar-refractivity contribution in [3.8, 4) is 0 Å². The number of aliphatic hydroxyl groups is 5. The fourth-order valence-electron chi connectivity index (χ4n) is 6.83. The molecule has 0 spiro atoms. The topological polar surface area (TPSA) is 210 Å². The summed E-state index contributed by atoms with van der Waals surface area (Å²) in [6, 6.07) is 0. The van der Waals surface area contributed by atoms with Crippen LogP contribution in [0.15, 0.2) is 36.5 Å². The van der Waals surface area contributed by atoms with E-state index in [1.54, 1.807) is 0 Å². The highest BCUT2D eigenvalue weighted by Crippen LogP contribution is 2.47. The predicted molar refractivity (Wildman–Crippen MR) is 230 cm³/mol. The van der Waals surface area contributed by atoms with Crippen LogP contribution in [0, 0.1) is 0 Å². The van der Waals surface area contributed by atoms with Crippen molar-refractivity contribution in [1.82, 2.24) is 0 Å². The van der Waals surface area contributed by atoms with Crippen molar-refractivity contribution < 1.29 is 63.1 Å².